The van der Waals surface area contributed by atoms with E-state index in [1.807, 2.05) is 5.43 Å². The quantitative estimate of drug-likeness (QED) is 0.545. The number of hydrazine groups is 1. The van der Waals surface area contributed by atoms with Crippen LogP contribution >= 0.6 is 0 Å². The normalized spacial score (nSPS) is 16.2. The van der Waals surface area contributed by atoms with Crippen molar-refractivity contribution >= 4 is 21.8 Å². The molecule has 102 valence electrons. The second-order valence-electron chi connectivity index (χ2n) is 3.51. The summed E-state index contributed by atoms with van der Waals surface area (Å²) in [6, 6.07) is 4.69. The van der Waals surface area contributed by atoms with Crippen LogP contribution in [0, 0.1) is 0 Å². The van der Waals surface area contributed by atoms with Gasteiger partial charge in [-0.2, -0.15) is 22.3 Å². The molecule has 19 heavy (non-hydrogen) atoms. The largest absolute Gasteiger partial charge is 0.391 e. The minimum Gasteiger partial charge on any atom is -0.391 e. The highest BCUT2D eigenvalue weighted by Gasteiger charge is 2.21. The molecule has 0 amide bonds. The lowest BCUT2D eigenvalue weighted by molar-refractivity contribution is 0.483. The van der Waals surface area contributed by atoms with Crippen molar-refractivity contribution in [3.63, 3.8) is 0 Å². The zero-order chi connectivity index (χ0) is 14.2. The van der Waals surface area contributed by atoms with E-state index in [1.54, 1.807) is 0 Å². The van der Waals surface area contributed by atoms with Crippen LogP contribution in [0.5, 0.6) is 0 Å². The van der Waals surface area contributed by atoms with Crippen LogP contribution in [-0.4, -0.2) is 18.9 Å². The second-order valence-corrected chi connectivity index (χ2v) is 4.94. The number of halogens is 2. The van der Waals surface area contributed by atoms with Crippen LogP contribution < -0.4 is 16.3 Å². The van der Waals surface area contributed by atoms with Crippen LogP contribution in [-0.2, 0) is 10.1 Å². The molecule has 0 bridgehead atoms. The highest BCUT2D eigenvalue weighted by atomic mass is 32.2. The molecule has 0 fully saturated rings. The number of hydrogen-bond donors (Lipinski definition) is 3. The molecule has 0 saturated carbocycles. The molecule has 7 nitrogen and oxygen atoms in total. The minimum absolute atomic E-state index is 0.00655. The fourth-order valence-corrected chi connectivity index (χ4v) is 1.83. The number of nitrogens with two attached hydrogens (primary N) is 1. The Hall–Kier alpha value is -2.20. The molecular formula is C9H8F2N4O3S. The second kappa shape index (κ2) is 4.48. The monoisotopic (exact) mass is 290 g/mol. The molecule has 1 aliphatic heterocycles. The molecule has 4 N–H and O–H groups in total. The Morgan fingerprint density at radius 3 is 2.63 bits per heavy atom. The topological polar surface area (TPSA) is 108 Å². The average Bonchev–Trinajstić information content (AvgIpc) is 2.34. The molecule has 1 aliphatic rings. The van der Waals surface area contributed by atoms with Crippen molar-refractivity contribution in [2.24, 2.45) is 10.8 Å². The fourth-order valence-electron chi connectivity index (χ4n) is 1.31. The zero-order valence-electron chi connectivity index (χ0n) is 9.21. The molecular weight excluding hydrogens is 282 g/mol. The van der Waals surface area contributed by atoms with E-state index in [9.17, 15) is 17.2 Å². The van der Waals surface area contributed by atoms with Crippen LogP contribution in [0.2, 0.25) is 0 Å². The van der Waals surface area contributed by atoms with Gasteiger partial charge in [0.25, 0.3) is 16.1 Å². The highest BCUT2D eigenvalue weighted by Crippen LogP contribution is 2.21. The smallest absolute Gasteiger partial charge is 0.294 e. The molecule has 1 aromatic carbocycles. The minimum atomic E-state index is -4.43. The van der Waals surface area contributed by atoms with E-state index in [-0.39, 0.29) is 5.69 Å². The maximum Gasteiger partial charge on any atom is 0.294 e. The first-order valence-corrected chi connectivity index (χ1v) is 6.27. The summed E-state index contributed by atoms with van der Waals surface area (Å²) in [5.41, 5.74) is 6.25. The average molecular weight is 290 g/mol. The van der Waals surface area contributed by atoms with Crippen LogP contribution in [0.15, 0.2) is 45.9 Å². The summed E-state index contributed by atoms with van der Waals surface area (Å²) in [5, 5.41) is 3.93. The first kappa shape index (κ1) is 13.2. The summed E-state index contributed by atoms with van der Waals surface area (Å²) in [7, 11) is -4.43. The van der Waals surface area contributed by atoms with E-state index in [0.29, 0.717) is 5.12 Å². The van der Waals surface area contributed by atoms with Crippen molar-refractivity contribution in [1.82, 2.24) is 5.43 Å². The van der Waals surface area contributed by atoms with Gasteiger partial charge in [-0.25, -0.2) is 0 Å². The number of allylic oxidation sites excluding steroid dienone is 1. The first-order chi connectivity index (χ1) is 8.79. The lowest BCUT2D eigenvalue weighted by Crippen LogP contribution is -2.38. The first-order valence-electron chi connectivity index (χ1n) is 4.83. The summed E-state index contributed by atoms with van der Waals surface area (Å²) in [5.74, 6) is -2.42. The molecule has 0 unspecified atom stereocenters. The third-order valence-corrected chi connectivity index (χ3v) is 3.06. The van der Waals surface area contributed by atoms with Gasteiger partial charge in [0.05, 0.1) is 10.6 Å². The van der Waals surface area contributed by atoms with Gasteiger partial charge < -0.3 is 5.73 Å². The van der Waals surface area contributed by atoms with Gasteiger partial charge in [0, 0.05) is 0 Å². The molecule has 1 aromatic rings. The molecule has 1 heterocycles. The van der Waals surface area contributed by atoms with Gasteiger partial charge >= 0.3 is 0 Å². The lowest BCUT2D eigenvalue weighted by atomic mass is 10.3. The van der Waals surface area contributed by atoms with Gasteiger partial charge in [-0.1, -0.05) is 6.07 Å². The zero-order valence-corrected chi connectivity index (χ0v) is 10.0. The predicted molar refractivity (Wildman–Crippen MR) is 62.7 cm³/mol. The molecule has 0 spiro atoms. The lowest BCUT2D eigenvalue weighted by Gasteiger charge is -2.23. The van der Waals surface area contributed by atoms with Crippen molar-refractivity contribution in [2.45, 2.75) is 4.90 Å². The van der Waals surface area contributed by atoms with Gasteiger partial charge in [-0.05, 0) is 18.2 Å². The highest BCUT2D eigenvalue weighted by molar-refractivity contribution is 7.85. The molecule has 0 saturated heterocycles. The standard InChI is InChI=1S/C9H8F2N4O3S/c10-8-7(12)9(11)14-15(13-8)5-2-1-3-6(4-5)19(16,17)18/h1-4,13H,12H2,(H,16,17,18). The Kier molecular flexibility index (Phi) is 3.12. The molecule has 10 heteroatoms. The van der Waals surface area contributed by atoms with Gasteiger partial charge in [0.15, 0.2) is 0 Å². The Morgan fingerprint density at radius 2 is 2.05 bits per heavy atom. The predicted octanol–water partition coefficient (Wildman–Crippen LogP) is 0.638. The molecule has 0 aliphatic carbocycles. The number of nitrogens with one attached hydrogen (secondary N) is 1. The number of rotatable bonds is 2. The Bertz CT molecular complexity index is 686. The van der Waals surface area contributed by atoms with Crippen LogP contribution in [0.1, 0.15) is 0 Å². The van der Waals surface area contributed by atoms with Crippen molar-refractivity contribution in [3.05, 3.63) is 35.9 Å². The molecule has 0 radical (unpaired) electrons. The molecule has 0 aromatic heterocycles. The van der Waals surface area contributed by atoms with E-state index in [4.69, 9.17) is 10.3 Å². The number of benzene rings is 1. The number of hydrogen-bond acceptors (Lipinski definition) is 6. The van der Waals surface area contributed by atoms with Crippen molar-refractivity contribution < 1.29 is 21.8 Å². The van der Waals surface area contributed by atoms with Gasteiger partial charge in [-0.15, -0.1) is 5.10 Å². The number of hydrazone groups is 1. The van der Waals surface area contributed by atoms with E-state index in [1.165, 1.54) is 12.1 Å². The fraction of sp³-hybridized carbons (Fsp3) is 0. The Balaban J connectivity index is 2.41. The third kappa shape index (κ3) is 2.63. The van der Waals surface area contributed by atoms with Gasteiger partial charge in [-0.3, -0.25) is 9.98 Å². The third-order valence-electron chi connectivity index (χ3n) is 2.21. The number of nitrogens with zero attached hydrogens (tertiary/aromatic N) is 2. The van der Waals surface area contributed by atoms with E-state index < -0.39 is 32.6 Å². The molecule has 0 atom stereocenters. The van der Waals surface area contributed by atoms with Crippen molar-refractivity contribution in [1.29, 1.82) is 0 Å². The van der Waals surface area contributed by atoms with Crippen LogP contribution in [0.4, 0.5) is 14.5 Å². The van der Waals surface area contributed by atoms with Crippen molar-refractivity contribution in [3.8, 4) is 0 Å². The summed E-state index contributed by atoms with van der Waals surface area (Å²) in [4.78, 5) is -0.439. The van der Waals surface area contributed by atoms with Gasteiger partial charge in [0.1, 0.15) is 5.70 Å². The van der Waals surface area contributed by atoms with E-state index in [0.717, 1.165) is 12.1 Å². The van der Waals surface area contributed by atoms with Gasteiger partial charge in [0.2, 0.25) is 5.95 Å². The van der Waals surface area contributed by atoms with Crippen LogP contribution in [0.25, 0.3) is 0 Å². The maximum atomic E-state index is 13.2. The summed E-state index contributed by atoms with van der Waals surface area (Å²) < 4.78 is 57.2. The SMILES string of the molecule is NC1=C(F)NN(c2cccc(S(=O)(=O)O)c2)N=C1F. The van der Waals surface area contributed by atoms with Crippen molar-refractivity contribution in [2.75, 3.05) is 5.12 Å². The Morgan fingerprint density at radius 1 is 1.37 bits per heavy atom. The van der Waals surface area contributed by atoms with E-state index >= 15 is 0 Å². The van der Waals surface area contributed by atoms with E-state index in [2.05, 4.69) is 5.10 Å². The summed E-state index contributed by atoms with van der Waals surface area (Å²) in [6.07, 6.45) is 0. The Labute approximate surface area is 106 Å². The number of anilines is 1. The summed E-state index contributed by atoms with van der Waals surface area (Å²) in [6.45, 7) is 0. The van der Waals surface area contributed by atoms with Crippen LogP contribution in [0.3, 0.4) is 0 Å². The molecule has 2 rings (SSSR count). The summed E-state index contributed by atoms with van der Waals surface area (Å²) >= 11 is 0. The maximum absolute atomic E-state index is 13.2.